The van der Waals surface area contributed by atoms with E-state index in [0.29, 0.717) is 38.4 Å². The molecule has 10 heteroatoms. The first-order valence-electron chi connectivity index (χ1n) is 8.25. The van der Waals surface area contributed by atoms with E-state index in [4.69, 9.17) is 9.47 Å². The number of hydrogen-bond acceptors (Lipinski definition) is 3. The van der Waals surface area contributed by atoms with Crippen LogP contribution in [0.4, 0.5) is 17.6 Å². The summed E-state index contributed by atoms with van der Waals surface area (Å²) in [4.78, 5) is 3.96. The molecule has 1 rings (SSSR count). The first-order valence-corrected chi connectivity index (χ1v) is 8.25. The van der Waals surface area contributed by atoms with E-state index in [1.165, 1.54) is 7.05 Å². The Morgan fingerprint density at radius 1 is 1.11 bits per heavy atom. The minimum atomic E-state index is -4.61. The number of aliphatic imine (C=N–C) groups is 1. The van der Waals surface area contributed by atoms with E-state index in [2.05, 4.69) is 15.6 Å². The topological polar surface area (TPSA) is 54.9 Å². The molecule has 27 heavy (non-hydrogen) atoms. The van der Waals surface area contributed by atoms with Crippen LogP contribution >= 0.6 is 24.0 Å². The number of alkyl halides is 3. The van der Waals surface area contributed by atoms with Crippen molar-refractivity contribution in [3.8, 4) is 0 Å². The van der Waals surface area contributed by atoms with Crippen LogP contribution in [0.2, 0.25) is 0 Å². The molecule has 0 aliphatic heterocycles. The van der Waals surface area contributed by atoms with Crippen LogP contribution in [0, 0.1) is 5.82 Å². The average molecular weight is 507 g/mol. The van der Waals surface area contributed by atoms with E-state index < -0.39 is 17.6 Å². The molecule has 0 spiro atoms. The first-order chi connectivity index (χ1) is 12.4. The smallest absolute Gasteiger partial charge is 0.382 e. The zero-order valence-corrected chi connectivity index (χ0v) is 17.7. The third kappa shape index (κ3) is 10.7. The van der Waals surface area contributed by atoms with Crippen LogP contribution < -0.4 is 10.6 Å². The molecule has 0 aliphatic carbocycles. The number of nitrogens with one attached hydrogen (secondary N) is 2. The number of benzene rings is 1. The van der Waals surface area contributed by atoms with Crippen molar-refractivity contribution in [2.24, 2.45) is 4.99 Å². The molecule has 1 aromatic carbocycles. The fourth-order valence-electron chi connectivity index (χ4n) is 2.15. The third-order valence-electron chi connectivity index (χ3n) is 3.49. The van der Waals surface area contributed by atoms with Gasteiger partial charge in [-0.05, 0) is 30.5 Å². The summed E-state index contributed by atoms with van der Waals surface area (Å²) in [6, 6.07) is 2.62. The lowest BCUT2D eigenvalue weighted by Crippen LogP contribution is -2.37. The van der Waals surface area contributed by atoms with Gasteiger partial charge in [0.25, 0.3) is 0 Å². The van der Waals surface area contributed by atoms with Gasteiger partial charge in [0.05, 0.1) is 18.8 Å². The molecule has 0 unspecified atom stereocenters. The highest BCUT2D eigenvalue weighted by Gasteiger charge is 2.33. The molecule has 5 nitrogen and oxygen atoms in total. The maximum atomic E-state index is 13.1. The van der Waals surface area contributed by atoms with E-state index in [1.54, 1.807) is 7.11 Å². The highest BCUT2D eigenvalue weighted by atomic mass is 127. The van der Waals surface area contributed by atoms with Gasteiger partial charge in [0, 0.05) is 33.9 Å². The Morgan fingerprint density at radius 3 is 2.48 bits per heavy atom. The normalized spacial score (nSPS) is 11.9. The summed E-state index contributed by atoms with van der Waals surface area (Å²) in [6.45, 7) is 2.20. The molecule has 156 valence electrons. The number of rotatable bonds is 10. The van der Waals surface area contributed by atoms with Gasteiger partial charge in [-0.25, -0.2) is 4.39 Å². The Kier molecular flexibility index (Phi) is 13.4. The maximum Gasteiger partial charge on any atom is 0.416 e. The van der Waals surface area contributed by atoms with Gasteiger partial charge in [-0.1, -0.05) is 6.07 Å². The van der Waals surface area contributed by atoms with Gasteiger partial charge in [0.2, 0.25) is 0 Å². The number of halogens is 5. The number of ether oxygens (including phenoxy) is 2. The van der Waals surface area contributed by atoms with Crippen LogP contribution in [0.1, 0.15) is 24.0 Å². The number of nitrogens with zero attached hydrogens (tertiary/aromatic N) is 1. The number of hydrogen-bond donors (Lipinski definition) is 2. The Morgan fingerprint density at radius 2 is 1.85 bits per heavy atom. The Labute approximate surface area is 173 Å². The summed E-state index contributed by atoms with van der Waals surface area (Å²) < 4.78 is 62.2. The summed E-state index contributed by atoms with van der Waals surface area (Å²) in [5.41, 5.74) is -1.04. The molecule has 0 aliphatic rings. The molecule has 0 saturated carbocycles. The lowest BCUT2D eigenvalue weighted by atomic mass is 10.1. The largest absolute Gasteiger partial charge is 0.416 e. The van der Waals surface area contributed by atoms with E-state index in [0.717, 1.165) is 25.0 Å². The van der Waals surface area contributed by atoms with Crippen molar-refractivity contribution in [2.45, 2.75) is 25.6 Å². The van der Waals surface area contributed by atoms with Gasteiger partial charge >= 0.3 is 6.18 Å². The standard InChI is InChI=1S/C17H25F4N3O2.HI/c1-22-16(23-7-3-4-8-26-10-9-25-2)24-12-13-5-6-14(18)11-15(13)17(19,20)21;/h5-6,11H,3-4,7-10,12H2,1-2H3,(H2,22,23,24);1H. The molecule has 0 bridgehead atoms. The van der Waals surface area contributed by atoms with Crippen molar-refractivity contribution in [1.29, 1.82) is 0 Å². The second kappa shape index (κ2) is 13.9. The number of methoxy groups -OCH3 is 1. The molecule has 1 aromatic rings. The monoisotopic (exact) mass is 507 g/mol. The molecule has 0 aromatic heterocycles. The quantitative estimate of drug-likeness (QED) is 0.167. The highest BCUT2D eigenvalue weighted by Crippen LogP contribution is 2.32. The summed E-state index contributed by atoms with van der Waals surface area (Å²) in [7, 11) is 3.13. The van der Waals surface area contributed by atoms with Gasteiger partial charge in [-0.2, -0.15) is 13.2 Å². The van der Waals surface area contributed by atoms with Crippen LogP contribution in [0.15, 0.2) is 23.2 Å². The van der Waals surface area contributed by atoms with Crippen molar-refractivity contribution in [2.75, 3.05) is 40.5 Å². The fraction of sp³-hybridized carbons (Fsp3) is 0.588. The molecule has 0 atom stereocenters. The second-order valence-corrected chi connectivity index (χ2v) is 5.46. The Hall–Kier alpha value is -1.14. The van der Waals surface area contributed by atoms with Crippen molar-refractivity contribution in [3.63, 3.8) is 0 Å². The summed E-state index contributed by atoms with van der Waals surface area (Å²) in [5.74, 6) is -0.543. The van der Waals surface area contributed by atoms with Crippen molar-refractivity contribution in [3.05, 3.63) is 35.1 Å². The van der Waals surface area contributed by atoms with Crippen LogP contribution in [0.3, 0.4) is 0 Å². The minimum Gasteiger partial charge on any atom is -0.382 e. The van der Waals surface area contributed by atoms with Gasteiger partial charge in [0.15, 0.2) is 5.96 Å². The number of unbranched alkanes of at least 4 members (excludes halogenated alkanes) is 1. The number of guanidine groups is 1. The van der Waals surface area contributed by atoms with Gasteiger partial charge < -0.3 is 20.1 Å². The van der Waals surface area contributed by atoms with Crippen molar-refractivity contribution in [1.82, 2.24) is 10.6 Å². The minimum absolute atomic E-state index is 0. The first kappa shape index (κ1) is 25.9. The second-order valence-electron chi connectivity index (χ2n) is 5.46. The van der Waals surface area contributed by atoms with E-state index in [-0.39, 0.29) is 36.1 Å². The predicted molar refractivity (Wildman–Crippen MR) is 107 cm³/mol. The van der Waals surface area contributed by atoms with Crippen molar-refractivity contribution >= 4 is 29.9 Å². The zero-order valence-electron chi connectivity index (χ0n) is 15.4. The predicted octanol–water partition coefficient (Wildman–Crippen LogP) is 3.57. The lowest BCUT2D eigenvalue weighted by Gasteiger charge is -2.16. The molecule has 0 radical (unpaired) electrons. The SMILES string of the molecule is CN=C(NCCCCOCCOC)NCc1ccc(F)cc1C(F)(F)F.I. The van der Waals surface area contributed by atoms with Gasteiger partial charge in [-0.15, -0.1) is 24.0 Å². The maximum absolute atomic E-state index is 13.1. The third-order valence-corrected chi connectivity index (χ3v) is 3.49. The molecule has 2 N–H and O–H groups in total. The zero-order chi connectivity index (χ0) is 19.4. The van der Waals surface area contributed by atoms with Gasteiger partial charge in [0.1, 0.15) is 5.82 Å². The van der Waals surface area contributed by atoms with Crippen LogP contribution in [0.25, 0.3) is 0 Å². The van der Waals surface area contributed by atoms with Crippen LogP contribution in [-0.4, -0.2) is 46.5 Å². The molecule has 0 fully saturated rings. The Balaban J connectivity index is 0.00000676. The van der Waals surface area contributed by atoms with E-state index in [9.17, 15) is 17.6 Å². The van der Waals surface area contributed by atoms with E-state index >= 15 is 0 Å². The molecular weight excluding hydrogens is 481 g/mol. The molecule has 0 saturated heterocycles. The van der Waals surface area contributed by atoms with E-state index in [1.807, 2.05) is 0 Å². The fourth-order valence-corrected chi connectivity index (χ4v) is 2.15. The van der Waals surface area contributed by atoms with Crippen LogP contribution in [0.5, 0.6) is 0 Å². The molecule has 0 heterocycles. The Bertz CT molecular complexity index is 572. The lowest BCUT2D eigenvalue weighted by molar-refractivity contribution is -0.138. The summed E-state index contributed by atoms with van der Waals surface area (Å²) >= 11 is 0. The van der Waals surface area contributed by atoms with Crippen LogP contribution in [-0.2, 0) is 22.2 Å². The summed E-state index contributed by atoms with van der Waals surface area (Å²) in [5, 5.41) is 5.82. The summed E-state index contributed by atoms with van der Waals surface area (Å²) in [6.07, 6.45) is -2.96. The molecular formula is C17H26F4IN3O2. The molecule has 0 amide bonds. The van der Waals surface area contributed by atoms with Crippen molar-refractivity contribution < 1.29 is 27.0 Å². The average Bonchev–Trinajstić information content (AvgIpc) is 2.60. The highest BCUT2D eigenvalue weighted by molar-refractivity contribution is 14.0. The van der Waals surface area contributed by atoms with Gasteiger partial charge in [-0.3, -0.25) is 4.99 Å².